The van der Waals surface area contributed by atoms with Crippen molar-refractivity contribution in [2.24, 2.45) is 0 Å². The number of hydrogen-bond acceptors (Lipinski definition) is 6. The first kappa shape index (κ1) is 24.9. The summed E-state index contributed by atoms with van der Waals surface area (Å²) in [6.07, 6.45) is 0.117. The molecule has 0 radical (unpaired) electrons. The fraction of sp³-hybridized carbons (Fsp3) is 0.200. The van der Waals surface area contributed by atoms with Crippen LogP contribution in [-0.2, 0) is 21.2 Å². The highest BCUT2D eigenvalue weighted by molar-refractivity contribution is 7.89. The zero-order valence-electron chi connectivity index (χ0n) is 19.1. The van der Waals surface area contributed by atoms with E-state index in [-0.39, 0.29) is 22.8 Å². The summed E-state index contributed by atoms with van der Waals surface area (Å²) in [6.45, 7) is 1.43. The van der Waals surface area contributed by atoms with Crippen molar-refractivity contribution < 1.29 is 27.5 Å². The van der Waals surface area contributed by atoms with E-state index in [9.17, 15) is 18.0 Å². The van der Waals surface area contributed by atoms with Gasteiger partial charge in [-0.1, -0.05) is 42.5 Å². The van der Waals surface area contributed by atoms with Gasteiger partial charge in [-0.15, -0.1) is 0 Å². The lowest BCUT2D eigenvalue weighted by molar-refractivity contribution is -0.117. The molecule has 0 spiro atoms. The lowest BCUT2D eigenvalue weighted by Gasteiger charge is -2.19. The highest BCUT2D eigenvalue weighted by atomic mass is 32.2. The Kier molecular flexibility index (Phi) is 8.04. The molecule has 1 atom stereocenters. The maximum absolute atomic E-state index is 13.2. The molecule has 3 aromatic rings. The van der Waals surface area contributed by atoms with Crippen LogP contribution in [0.25, 0.3) is 0 Å². The van der Waals surface area contributed by atoms with E-state index < -0.39 is 22.0 Å². The number of ketones is 1. The van der Waals surface area contributed by atoms with Crippen LogP contribution in [0.1, 0.15) is 22.8 Å². The molecule has 34 heavy (non-hydrogen) atoms. The number of benzene rings is 3. The van der Waals surface area contributed by atoms with Crippen molar-refractivity contribution in [3.8, 4) is 11.5 Å². The molecular weight excluding hydrogens is 456 g/mol. The van der Waals surface area contributed by atoms with Gasteiger partial charge in [0.25, 0.3) is 0 Å². The molecule has 3 aromatic carbocycles. The first-order valence-corrected chi connectivity index (χ1v) is 11.9. The average molecular weight is 483 g/mol. The molecular formula is C25H26N2O6S. The van der Waals surface area contributed by atoms with Crippen LogP contribution < -0.4 is 19.5 Å². The molecule has 0 bridgehead atoms. The molecule has 0 aliphatic carbocycles. The number of nitrogens with one attached hydrogen (secondary N) is 2. The number of rotatable bonds is 10. The lowest BCUT2D eigenvalue weighted by atomic mass is 10.1. The topological polar surface area (TPSA) is 111 Å². The molecule has 0 fully saturated rings. The van der Waals surface area contributed by atoms with E-state index in [4.69, 9.17) is 9.47 Å². The molecule has 178 valence electrons. The summed E-state index contributed by atoms with van der Waals surface area (Å²) in [5, 5.41) is 2.71. The summed E-state index contributed by atoms with van der Waals surface area (Å²) in [4.78, 5) is 24.8. The Morgan fingerprint density at radius 1 is 0.882 bits per heavy atom. The minimum Gasteiger partial charge on any atom is -0.493 e. The second-order valence-electron chi connectivity index (χ2n) is 7.51. The van der Waals surface area contributed by atoms with Crippen molar-refractivity contribution in [3.05, 3.63) is 83.9 Å². The highest BCUT2D eigenvalue weighted by Crippen LogP contribution is 2.29. The molecule has 8 nitrogen and oxygen atoms in total. The molecule has 0 unspecified atom stereocenters. The summed E-state index contributed by atoms with van der Waals surface area (Å²) >= 11 is 0. The molecule has 2 N–H and O–H groups in total. The number of carbonyl (C=O) groups is 2. The quantitative estimate of drug-likeness (QED) is 0.429. The number of amides is 1. The molecule has 0 heterocycles. The smallest absolute Gasteiger partial charge is 0.242 e. The van der Waals surface area contributed by atoms with E-state index in [1.165, 1.54) is 39.3 Å². The first-order valence-electron chi connectivity index (χ1n) is 10.4. The van der Waals surface area contributed by atoms with Gasteiger partial charge >= 0.3 is 0 Å². The monoisotopic (exact) mass is 482 g/mol. The van der Waals surface area contributed by atoms with Crippen LogP contribution in [0.15, 0.2) is 77.7 Å². The summed E-state index contributed by atoms with van der Waals surface area (Å²) in [5.41, 5.74) is 1.60. The summed E-state index contributed by atoms with van der Waals surface area (Å²) in [7, 11) is -1.24. The van der Waals surface area contributed by atoms with Crippen LogP contribution in [0.2, 0.25) is 0 Å². The van der Waals surface area contributed by atoms with Crippen LogP contribution >= 0.6 is 0 Å². The van der Waals surface area contributed by atoms with Gasteiger partial charge in [0.2, 0.25) is 15.9 Å². The van der Waals surface area contributed by atoms with Crippen molar-refractivity contribution in [2.75, 3.05) is 19.5 Å². The fourth-order valence-electron chi connectivity index (χ4n) is 3.32. The number of hydrogen-bond donors (Lipinski definition) is 2. The maximum atomic E-state index is 13.2. The van der Waals surface area contributed by atoms with Crippen molar-refractivity contribution in [1.82, 2.24) is 4.72 Å². The van der Waals surface area contributed by atoms with Gasteiger partial charge in [0.1, 0.15) is 6.04 Å². The van der Waals surface area contributed by atoms with Crippen molar-refractivity contribution >= 4 is 27.4 Å². The van der Waals surface area contributed by atoms with E-state index >= 15 is 0 Å². The first-order chi connectivity index (χ1) is 16.2. The Labute approximate surface area is 199 Å². The predicted octanol–water partition coefficient (Wildman–Crippen LogP) is 3.43. The second-order valence-corrected chi connectivity index (χ2v) is 9.22. The Hall–Kier alpha value is -3.69. The van der Waals surface area contributed by atoms with Gasteiger partial charge in [0.15, 0.2) is 17.3 Å². The number of sulfonamides is 1. The third-order valence-corrected chi connectivity index (χ3v) is 6.57. The molecule has 0 saturated carbocycles. The molecule has 9 heteroatoms. The zero-order valence-corrected chi connectivity index (χ0v) is 19.9. The minimum absolute atomic E-state index is 0.0745. The van der Waals surface area contributed by atoms with Gasteiger partial charge in [0.05, 0.1) is 19.1 Å². The third-order valence-electron chi connectivity index (χ3n) is 5.10. The zero-order chi connectivity index (χ0) is 24.7. The van der Waals surface area contributed by atoms with Crippen molar-refractivity contribution in [1.29, 1.82) is 0 Å². The molecule has 1 amide bonds. The molecule has 0 aliphatic rings. The van der Waals surface area contributed by atoms with Gasteiger partial charge < -0.3 is 14.8 Å². The van der Waals surface area contributed by atoms with Gasteiger partial charge in [-0.05, 0) is 43.2 Å². The summed E-state index contributed by atoms with van der Waals surface area (Å²) in [5.74, 6) is -0.0828. The van der Waals surface area contributed by atoms with Crippen LogP contribution in [0.4, 0.5) is 5.69 Å². The van der Waals surface area contributed by atoms with Crippen LogP contribution in [-0.4, -0.2) is 40.4 Å². The second kappa shape index (κ2) is 11.0. The van der Waals surface area contributed by atoms with E-state index in [0.717, 1.165) is 5.56 Å². The van der Waals surface area contributed by atoms with E-state index in [1.807, 2.05) is 18.2 Å². The minimum atomic E-state index is -4.10. The van der Waals surface area contributed by atoms with E-state index in [1.54, 1.807) is 36.4 Å². The number of carbonyl (C=O) groups excluding carboxylic acids is 2. The Bertz CT molecular complexity index is 1280. The van der Waals surface area contributed by atoms with Crippen LogP contribution in [0.5, 0.6) is 11.5 Å². The number of ether oxygens (including phenoxy) is 2. The number of Topliss-reactive ketones (excluding diaryl/α,β-unsaturated/α-hetero) is 1. The molecule has 3 rings (SSSR count). The molecule has 0 aromatic heterocycles. The number of anilines is 1. The van der Waals surface area contributed by atoms with Crippen molar-refractivity contribution in [3.63, 3.8) is 0 Å². The Morgan fingerprint density at radius 3 is 2.24 bits per heavy atom. The standard InChI is InChI=1S/C25H26N2O6S/c1-17(28)19-10-7-11-20(15-19)26-25(29)22(14-18-8-5-4-6-9-18)27-34(30,31)21-12-13-23(32-2)24(16-21)33-3/h4-13,15-16,22,27H,14H2,1-3H3,(H,26,29)/t22-/m0/s1. The summed E-state index contributed by atoms with van der Waals surface area (Å²) < 4.78 is 39.2. The predicted molar refractivity (Wildman–Crippen MR) is 129 cm³/mol. The molecule has 0 aliphatic heterocycles. The van der Waals surface area contributed by atoms with E-state index in [0.29, 0.717) is 17.0 Å². The fourth-order valence-corrected chi connectivity index (χ4v) is 4.53. The van der Waals surface area contributed by atoms with Gasteiger partial charge in [-0.25, -0.2) is 8.42 Å². The maximum Gasteiger partial charge on any atom is 0.242 e. The summed E-state index contributed by atoms with van der Waals surface area (Å²) in [6, 6.07) is 18.6. The van der Waals surface area contributed by atoms with Crippen LogP contribution in [0, 0.1) is 0 Å². The Morgan fingerprint density at radius 2 is 1.59 bits per heavy atom. The third kappa shape index (κ3) is 6.21. The van der Waals surface area contributed by atoms with Gasteiger partial charge in [-0.2, -0.15) is 4.72 Å². The average Bonchev–Trinajstić information content (AvgIpc) is 2.83. The normalized spacial score (nSPS) is 12.0. The Balaban J connectivity index is 1.90. The SMILES string of the molecule is COc1ccc(S(=O)(=O)N[C@@H](Cc2ccccc2)C(=O)Nc2cccc(C(C)=O)c2)cc1OC. The van der Waals surface area contributed by atoms with Gasteiger partial charge in [0, 0.05) is 17.3 Å². The highest BCUT2D eigenvalue weighted by Gasteiger charge is 2.27. The lowest BCUT2D eigenvalue weighted by Crippen LogP contribution is -2.45. The molecule has 0 saturated heterocycles. The van der Waals surface area contributed by atoms with Crippen LogP contribution in [0.3, 0.4) is 0 Å². The van der Waals surface area contributed by atoms with E-state index in [2.05, 4.69) is 10.0 Å². The van der Waals surface area contributed by atoms with Crippen molar-refractivity contribution in [2.45, 2.75) is 24.3 Å². The number of methoxy groups -OCH3 is 2. The largest absolute Gasteiger partial charge is 0.493 e. The van der Waals surface area contributed by atoms with Gasteiger partial charge in [-0.3, -0.25) is 9.59 Å².